The van der Waals surface area contributed by atoms with Crippen LogP contribution in [0.1, 0.15) is 138 Å². The Bertz CT molecular complexity index is 2020. The van der Waals surface area contributed by atoms with Gasteiger partial charge in [0, 0.05) is 47.3 Å². The van der Waals surface area contributed by atoms with E-state index in [-0.39, 0.29) is 45.4 Å². The number of carboxylic acids is 1. The van der Waals surface area contributed by atoms with Gasteiger partial charge in [0.15, 0.2) is 17.4 Å². The normalized spacial score (nSPS) is 34.6. The number of aliphatic hydroxyl groups excluding tert-OH is 1. The molecule has 324 valence electrons. The Morgan fingerprint density at radius 1 is 0.983 bits per heavy atom. The number of halogens is 1. The summed E-state index contributed by atoms with van der Waals surface area (Å²) in [7, 11) is 4.09. The molecule has 10 heteroatoms. The third-order valence-corrected chi connectivity index (χ3v) is 17.6. The zero-order chi connectivity index (χ0) is 43.2. The molecule has 0 spiro atoms. The van der Waals surface area contributed by atoms with Gasteiger partial charge in [-0.3, -0.25) is 9.59 Å². The summed E-state index contributed by atoms with van der Waals surface area (Å²) in [6.45, 7) is 25.8. The number of nitrogens with zero attached hydrogens (tertiary/aromatic N) is 4. The Kier molecular flexibility index (Phi) is 11.3. The van der Waals surface area contributed by atoms with E-state index < -0.39 is 22.9 Å². The summed E-state index contributed by atoms with van der Waals surface area (Å²) >= 11 is 6.28. The zero-order valence-electron chi connectivity index (χ0n) is 37.8. The van der Waals surface area contributed by atoms with Gasteiger partial charge in [0.2, 0.25) is 0 Å². The third kappa shape index (κ3) is 6.86. The van der Waals surface area contributed by atoms with Crippen molar-refractivity contribution in [1.29, 1.82) is 0 Å². The van der Waals surface area contributed by atoms with Gasteiger partial charge < -0.3 is 24.4 Å². The van der Waals surface area contributed by atoms with Crippen LogP contribution in [0.3, 0.4) is 0 Å². The summed E-state index contributed by atoms with van der Waals surface area (Å²) < 4.78 is 8.72. The lowest BCUT2D eigenvalue weighted by molar-refractivity contribution is -0.232. The van der Waals surface area contributed by atoms with Crippen LogP contribution in [-0.4, -0.2) is 68.4 Å². The van der Waals surface area contributed by atoms with Crippen LogP contribution >= 0.6 is 11.6 Å². The summed E-state index contributed by atoms with van der Waals surface area (Å²) in [5, 5.41) is 32.9. The largest absolute Gasteiger partial charge is 0.495 e. The minimum absolute atomic E-state index is 0.0195. The Labute approximate surface area is 358 Å². The number of aliphatic hydroxyl groups is 1. The fourth-order valence-corrected chi connectivity index (χ4v) is 14.2. The van der Waals surface area contributed by atoms with Crippen LogP contribution in [0.25, 0.3) is 11.4 Å². The smallest absolute Gasteiger partial charge is 0.309 e. The van der Waals surface area contributed by atoms with Crippen molar-refractivity contribution in [3.63, 3.8) is 0 Å². The van der Waals surface area contributed by atoms with E-state index in [1.165, 1.54) is 5.57 Å². The molecule has 1 aromatic carbocycles. The van der Waals surface area contributed by atoms with E-state index in [1.807, 2.05) is 38.4 Å². The third-order valence-electron chi connectivity index (χ3n) is 17.4. The fraction of sp³-hybridized carbons (Fsp3) is 0.714. The van der Waals surface area contributed by atoms with Crippen molar-refractivity contribution < 1.29 is 24.5 Å². The molecule has 0 radical (unpaired) electrons. The maximum Gasteiger partial charge on any atom is 0.309 e. The molecule has 1 heterocycles. The Balaban J connectivity index is 1.23. The predicted octanol–water partition coefficient (Wildman–Crippen LogP) is 10.6. The molecule has 5 aliphatic carbocycles. The molecule has 4 saturated carbocycles. The highest BCUT2D eigenvalue weighted by atomic mass is 35.5. The van der Waals surface area contributed by atoms with Gasteiger partial charge in [-0.2, -0.15) is 0 Å². The molecule has 1 aromatic heterocycles. The van der Waals surface area contributed by atoms with E-state index in [2.05, 4.69) is 64.5 Å². The number of carboxylic acid groups (broad SMARTS) is 1. The van der Waals surface area contributed by atoms with Gasteiger partial charge in [-0.05, 0) is 155 Å². The van der Waals surface area contributed by atoms with Crippen molar-refractivity contribution in [3.05, 3.63) is 58.6 Å². The highest BCUT2D eigenvalue weighted by molar-refractivity contribution is 6.30. The van der Waals surface area contributed by atoms with Crippen molar-refractivity contribution in [2.24, 2.45) is 56.2 Å². The average molecular weight is 832 g/mol. The Hall–Kier alpha value is -3.01. The molecule has 2 unspecified atom stereocenters. The first kappa shape index (κ1) is 44.1. The van der Waals surface area contributed by atoms with E-state index in [9.17, 15) is 19.8 Å². The molecule has 0 bridgehead atoms. The summed E-state index contributed by atoms with van der Waals surface area (Å²) in [6, 6.07) is 7.63. The predicted molar refractivity (Wildman–Crippen MR) is 233 cm³/mol. The van der Waals surface area contributed by atoms with E-state index in [0.717, 1.165) is 69.0 Å². The first-order valence-electron chi connectivity index (χ1n) is 22.3. The number of benzene rings is 1. The molecule has 0 saturated heterocycles. The molecular formula is C49H71ClN4O5. The quantitative estimate of drug-likeness (QED) is 0.203. The minimum Gasteiger partial charge on any atom is -0.495 e. The number of hydrogen-bond acceptors (Lipinski definition) is 7. The van der Waals surface area contributed by atoms with Gasteiger partial charge in [0.25, 0.3) is 0 Å². The Morgan fingerprint density at radius 3 is 2.29 bits per heavy atom. The van der Waals surface area contributed by atoms with Gasteiger partial charge in [-0.25, -0.2) is 0 Å². The van der Waals surface area contributed by atoms with E-state index in [4.69, 9.17) is 26.5 Å². The van der Waals surface area contributed by atoms with Crippen LogP contribution in [0, 0.1) is 56.2 Å². The van der Waals surface area contributed by atoms with Gasteiger partial charge >= 0.3 is 5.97 Å². The van der Waals surface area contributed by atoms with Crippen molar-refractivity contribution >= 4 is 23.4 Å². The standard InChI is InChI=1S/C49H71ClN4O5/c1-29(2)38-34(55)28-49(40(56)42-52-51-41(54(42)26-25-53(11)12)31-13-15-32(50)16-14-31)24-23-47(9)33(39(38)49)17-18-36-46(8)21-20-37(59-30(3)27-44(4,5)43(57)58)45(6,7)35(46)19-22-48(36,47)10/h13-16,29,33,35-37,40,56H,3,17-28H2,1-2,4-12H3,(H,57,58)/t33-,35?,36-,37+,40+,46+,47-,48?,49-/m1/s1. The van der Waals surface area contributed by atoms with Gasteiger partial charge in [-0.15, -0.1) is 10.2 Å². The average Bonchev–Trinajstić information content (AvgIpc) is 3.70. The number of aliphatic carboxylic acids is 1. The zero-order valence-corrected chi connectivity index (χ0v) is 38.5. The van der Waals surface area contributed by atoms with Crippen LogP contribution in [0.4, 0.5) is 0 Å². The van der Waals surface area contributed by atoms with Crippen LogP contribution in [0.5, 0.6) is 0 Å². The highest BCUT2D eigenvalue weighted by Gasteiger charge is 2.71. The molecule has 9 nitrogen and oxygen atoms in total. The van der Waals surface area contributed by atoms with Crippen LogP contribution in [0.2, 0.25) is 5.02 Å². The summed E-state index contributed by atoms with van der Waals surface area (Å²) in [5.74, 6) is 2.32. The number of hydrogen-bond donors (Lipinski definition) is 2. The van der Waals surface area contributed by atoms with Gasteiger partial charge in [0.05, 0.1) is 11.2 Å². The lowest BCUT2D eigenvalue weighted by Crippen LogP contribution is -2.66. The monoisotopic (exact) mass is 831 g/mol. The number of rotatable bonds is 12. The number of carbonyl (C=O) groups excluding carboxylic acids is 1. The number of ketones is 1. The summed E-state index contributed by atoms with van der Waals surface area (Å²) in [4.78, 5) is 28.5. The number of allylic oxidation sites excluding steroid dienone is 2. The number of aromatic nitrogens is 3. The number of fused-ring (bicyclic) bond motifs is 7. The van der Waals surface area contributed by atoms with Crippen molar-refractivity contribution in [2.45, 2.75) is 145 Å². The van der Waals surface area contributed by atoms with Gasteiger partial charge in [-0.1, -0.05) is 66.6 Å². The first-order valence-corrected chi connectivity index (χ1v) is 22.7. The molecule has 0 aliphatic heterocycles. The lowest BCUT2D eigenvalue weighted by Gasteiger charge is -2.72. The van der Waals surface area contributed by atoms with E-state index in [0.29, 0.717) is 53.7 Å². The lowest BCUT2D eigenvalue weighted by atomic mass is 9.33. The second-order valence-corrected chi connectivity index (χ2v) is 22.4. The topological polar surface area (TPSA) is 118 Å². The highest BCUT2D eigenvalue weighted by Crippen LogP contribution is 2.77. The minimum atomic E-state index is -0.983. The van der Waals surface area contributed by atoms with E-state index in [1.54, 1.807) is 13.8 Å². The maximum absolute atomic E-state index is 14.5. The molecule has 2 aromatic rings. The summed E-state index contributed by atoms with van der Waals surface area (Å²) in [6.07, 6.45) is 7.52. The van der Waals surface area contributed by atoms with Crippen molar-refractivity contribution in [3.8, 4) is 11.4 Å². The summed E-state index contributed by atoms with van der Waals surface area (Å²) in [5.41, 5.74) is 1.34. The van der Waals surface area contributed by atoms with Crippen molar-refractivity contribution in [1.82, 2.24) is 19.7 Å². The second kappa shape index (κ2) is 15.1. The number of carbonyl (C=O) groups is 2. The van der Waals surface area contributed by atoms with Crippen LogP contribution in [0.15, 0.2) is 47.7 Å². The molecule has 5 aliphatic rings. The van der Waals surface area contributed by atoms with Crippen LogP contribution < -0.4 is 0 Å². The maximum atomic E-state index is 14.5. The fourth-order valence-electron chi connectivity index (χ4n) is 14.1. The van der Waals surface area contributed by atoms with Gasteiger partial charge in [0.1, 0.15) is 12.2 Å². The molecule has 2 N–H and O–H groups in total. The molecule has 7 rings (SSSR count). The first-order chi connectivity index (χ1) is 27.4. The van der Waals surface area contributed by atoms with Crippen LogP contribution in [-0.2, 0) is 20.9 Å². The molecule has 4 fully saturated rings. The molecular weight excluding hydrogens is 760 g/mol. The number of Topliss-reactive ketones (excluding diaryl/α,β-unsaturated/α-hetero) is 1. The molecule has 9 atom stereocenters. The second-order valence-electron chi connectivity index (χ2n) is 22.0. The molecule has 0 amide bonds. The van der Waals surface area contributed by atoms with E-state index >= 15 is 0 Å². The van der Waals surface area contributed by atoms with Crippen molar-refractivity contribution in [2.75, 3.05) is 20.6 Å². The molecule has 59 heavy (non-hydrogen) atoms. The SMILES string of the molecule is C=C(CC(C)(C)C(=O)O)O[C@H]1CC[C@@]2(C)C(CCC3(C)[C@@H]2CC[C@@H]2C4=C(C(C)C)C(=O)C[C@]4([C@@H](O)c4nnc(-c5ccc(Cl)cc5)n4CCN(C)C)CC[C@]23C)C1(C)C. The Morgan fingerprint density at radius 2 is 1.66 bits per heavy atom. The number of ether oxygens (including phenoxy) is 1. The number of likely N-dealkylation sites (N-methyl/N-ethyl adjacent to an activating group) is 1.